The van der Waals surface area contributed by atoms with E-state index < -0.39 is 0 Å². The highest BCUT2D eigenvalue weighted by Gasteiger charge is 2.05. The molecule has 1 aliphatic carbocycles. The standard InChI is InChI=1S/C18H26N2O3/c1-22-16-9-5-6-10-17(16)23-14-13-20-18(21)19-12-11-15-7-3-2-4-8-15/h5-7,9-10H,2-4,8,11-14H2,1H3,(H2,19,20,21). The minimum absolute atomic E-state index is 0.148. The lowest BCUT2D eigenvalue weighted by Crippen LogP contribution is -2.38. The topological polar surface area (TPSA) is 59.6 Å². The van der Waals surface area contributed by atoms with Gasteiger partial charge >= 0.3 is 6.03 Å². The largest absolute Gasteiger partial charge is 0.493 e. The van der Waals surface area contributed by atoms with Crippen LogP contribution in [-0.4, -0.2) is 32.8 Å². The highest BCUT2D eigenvalue weighted by Crippen LogP contribution is 2.25. The number of nitrogens with one attached hydrogen (secondary N) is 2. The number of methoxy groups -OCH3 is 1. The summed E-state index contributed by atoms with van der Waals surface area (Å²) in [5, 5.41) is 5.67. The second-order valence-electron chi connectivity index (χ2n) is 5.54. The van der Waals surface area contributed by atoms with Gasteiger partial charge in [0.05, 0.1) is 13.7 Å². The number of hydrogen-bond acceptors (Lipinski definition) is 3. The van der Waals surface area contributed by atoms with Gasteiger partial charge in [-0.05, 0) is 44.2 Å². The highest BCUT2D eigenvalue weighted by atomic mass is 16.5. The van der Waals surface area contributed by atoms with Crippen molar-refractivity contribution < 1.29 is 14.3 Å². The Morgan fingerprint density at radius 1 is 1.13 bits per heavy atom. The Hall–Kier alpha value is -2.17. The number of benzene rings is 1. The van der Waals surface area contributed by atoms with Crippen molar-refractivity contribution in [2.24, 2.45) is 0 Å². The molecule has 0 aliphatic heterocycles. The van der Waals surface area contributed by atoms with Crippen molar-refractivity contribution >= 4 is 6.03 Å². The molecule has 2 N–H and O–H groups in total. The van der Waals surface area contributed by atoms with Crippen LogP contribution in [0.3, 0.4) is 0 Å². The van der Waals surface area contributed by atoms with Gasteiger partial charge in [-0.1, -0.05) is 23.8 Å². The third-order valence-corrected chi connectivity index (χ3v) is 3.83. The van der Waals surface area contributed by atoms with Crippen LogP contribution >= 0.6 is 0 Å². The van der Waals surface area contributed by atoms with Crippen molar-refractivity contribution in [2.75, 3.05) is 26.8 Å². The van der Waals surface area contributed by atoms with Crippen molar-refractivity contribution in [2.45, 2.75) is 32.1 Å². The molecule has 0 saturated heterocycles. The molecule has 0 radical (unpaired) electrons. The minimum Gasteiger partial charge on any atom is -0.493 e. The van der Waals surface area contributed by atoms with Gasteiger partial charge in [0.2, 0.25) is 0 Å². The van der Waals surface area contributed by atoms with Crippen molar-refractivity contribution in [3.8, 4) is 11.5 Å². The maximum absolute atomic E-state index is 11.7. The summed E-state index contributed by atoms with van der Waals surface area (Å²) in [7, 11) is 1.61. The van der Waals surface area contributed by atoms with Crippen molar-refractivity contribution in [1.29, 1.82) is 0 Å². The summed E-state index contributed by atoms with van der Waals surface area (Å²) in [6.45, 7) is 1.54. The van der Waals surface area contributed by atoms with Gasteiger partial charge in [-0.15, -0.1) is 0 Å². The SMILES string of the molecule is COc1ccccc1OCCNC(=O)NCCC1=CCCCC1. The maximum Gasteiger partial charge on any atom is 0.314 e. The second-order valence-corrected chi connectivity index (χ2v) is 5.54. The summed E-state index contributed by atoms with van der Waals surface area (Å²) in [5.41, 5.74) is 1.47. The van der Waals surface area contributed by atoms with Gasteiger partial charge in [0.15, 0.2) is 11.5 Å². The Labute approximate surface area is 138 Å². The number of allylic oxidation sites excluding steroid dienone is 1. The fourth-order valence-electron chi connectivity index (χ4n) is 2.59. The molecule has 0 unspecified atom stereocenters. The normalized spacial score (nSPS) is 13.9. The molecular formula is C18H26N2O3. The van der Waals surface area contributed by atoms with E-state index in [0.29, 0.717) is 31.2 Å². The third-order valence-electron chi connectivity index (χ3n) is 3.83. The molecule has 1 aromatic carbocycles. The van der Waals surface area contributed by atoms with E-state index in [1.165, 1.54) is 31.3 Å². The fraction of sp³-hybridized carbons (Fsp3) is 0.500. The maximum atomic E-state index is 11.7. The molecule has 1 aliphatic rings. The van der Waals surface area contributed by atoms with Crippen LogP contribution in [0.2, 0.25) is 0 Å². The number of urea groups is 1. The molecule has 0 saturated carbocycles. The van der Waals surface area contributed by atoms with Gasteiger partial charge in [-0.25, -0.2) is 4.79 Å². The summed E-state index contributed by atoms with van der Waals surface area (Å²) in [4.78, 5) is 11.7. The van der Waals surface area contributed by atoms with E-state index in [0.717, 1.165) is 6.42 Å². The molecule has 0 aromatic heterocycles. The number of ether oxygens (including phenoxy) is 2. The van der Waals surface area contributed by atoms with Gasteiger partial charge in [0.1, 0.15) is 6.61 Å². The molecule has 126 valence electrons. The van der Waals surface area contributed by atoms with Gasteiger partial charge in [-0.3, -0.25) is 0 Å². The zero-order valence-corrected chi connectivity index (χ0v) is 13.8. The number of carbonyl (C=O) groups is 1. The molecule has 1 aromatic rings. The average molecular weight is 318 g/mol. The molecule has 0 fully saturated rings. The lowest BCUT2D eigenvalue weighted by molar-refractivity contribution is 0.235. The van der Waals surface area contributed by atoms with Crippen LogP contribution in [-0.2, 0) is 0 Å². The van der Waals surface area contributed by atoms with Crippen LogP contribution in [0.15, 0.2) is 35.9 Å². The Morgan fingerprint density at radius 3 is 2.65 bits per heavy atom. The Kier molecular flexibility index (Phi) is 7.30. The zero-order chi connectivity index (χ0) is 16.3. The molecule has 5 nitrogen and oxygen atoms in total. The van der Waals surface area contributed by atoms with Gasteiger partial charge < -0.3 is 20.1 Å². The van der Waals surface area contributed by atoms with Crippen LogP contribution in [0.1, 0.15) is 32.1 Å². The van der Waals surface area contributed by atoms with Crippen LogP contribution in [0.4, 0.5) is 4.79 Å². The van der Waals surface area contributed by atoms with Crippen molar-refractivity contribution in [3.63, 3.8) is 0 Å². The average Bonchev–Trinajstić information content (AvgIpc) is 2.60. The number of carbonyl (C=O) groups excluding carboxylic acids is 1. The fourth-order valence-corrected chi connectivity index (χ4v) is 2.59. The Morgan fingerprint density at radius 2 is 1.91 bits per heavy atom. The Balaban J connectivity index is 1.57. The van der Waals surface area contributed by atoms with Crippen LogP contribution in [0.25, 0.3) is 0 Å². The minimum atomic E-state index is -0.148. The first-order valence-corrected chi connectivity index (χ1v) is 8.25. The van der Waals surface area contributed by atoms with Gasteiger partial charge in [0.25, 0.3) is 0 Å². The number of hydrogen-bond donors (Lipinski definition) is 2. The quantitative estimate of drug-likeness (QED) is 0.571. The van der Waals surface area contributed by atoms with E-state index in [2.05, 4.69) is 16.7 Å². The zero-order valence-electron chi connectivity index (χ0n) is 13.8. The monoisotopic (exact) mass is 318 g/mol. The van der Waals surface area contributed by atoms with Crippen LogP contribution in [0, 0.1) is 0 Å². The first kappa shape index (κ1) is 17.2. The number of para-hydroxylation sites is 2. The molecule has 0 heterocycles. The molecule has 2 amide bonds. The first-order valence-electron chi connectivity index (χ1n) is 8.25. The summed E-state index contributed by atoms with van der Waals surface area (Å²) in [6.07, 6.45) is 8.19. The highest BCUT2D eigenvalue weighted by molar-refractivity contribution is 5.73. The third kappa shape index (κ3) is 6.22. The van der Waals surface area contributed by atoms with E-state index in [4.69, 9.17) is 9.47 Å². The Bertz CT molecular complexity index is 529. The summed E-state index contributed by atoms with van der Waals surface area (Å²) in [5.74, 6) is 1.37. The molecule has 2 rings (SSSR count). The van der Waals surface area contributed by atoms with E-state index in [-0.39, 0.29) is 6.03 Å². The summed E-state index contributed by atoms with van der Waals surface area (Å²) >= 11 is 0. The smallest absolute Gasteiger partial charge is 0.314 e. The number of amides is 2. The van der Waals surface area contributed by atoms with Crippen LogP contribution < -0.4 is 20.1 Å². The van der Waals surface area contributed by atoms with Crippen LogP contribution in [0.5, 0.6) is 11.5 Å². The predicted molar refractivity (Wildman–Crippen MR) is 91.1 cm³/mol. The molecular weight excluding hydrogens is 292 g/mol. The molecule has 23 heavy (non-hydrogen) atoms. The second kappa shape index (κ2) is 9.77. The van der Waals surface area contributed by atoms with Gasteiger partial charge in [-0.2, -0.15) is 0 Å². The van der Waals surface area contributed by atoms with E-state index in [1.807, 2.05) is 24.3 Å². The molecule has 0 spiro atoms. The van der Waals surface area contributed by atoms with E-state index in [9.17, 15) is 4.79 Å². The van der Waals surface area contributed by atoms with Crippen molar-refractivity contribution in [1.82, 2.24) is 10.6 Å². The number of rotatable bonds is 8. The summed E-state index contributed by atoms with van der Waals surface area (Å²) in [6, 6.07) is 7.31. The van der Waals surface area contributed by atoms with Crippen molar-refractivity contribution in [3.05, 3.63) is 35.9 Å². The lowest BCUT2D eigenvalue weighted by atomic mass is 9.97. The molecule has 0 atom stereocenters. The molecule has 0 bridgehead atoms. The van der Waals surface area contributed by atoms with E-state index in [1.54, 1.807) is 7.11 Å². The lowest BCUT2D eigenvalue weighted by Gasteiger charge is -2.13. The first-order chi connectivity index (χ1) is 11.3. The summed E-state index contributed by atoms with van der Waals surface area (Å²) < 4.78 is 10.8. The van der Waals surface area contributed by atoms with E-state index >= 15 is 0 Å². The molecule has 5 heteroatoms. The predicted octanol–water partition coefficient (Wildman–Crippen LogP) is 3.26. The van der Waals surface area contributed by atoms with Gasteiger partial charge in [0, 0.05) is 6.54 Å².